The first-order chi connectivity index (χ1) is 15.7. The van der Waals surface area contributed by atoms with Crippen LogP contribution in [0.25, 0.3) is 0 Å². The second kappa shape index (κ2) is 10.1. The van der Waals surface area contributed by atoms with Crippen LogP contribution < -0.4 is 10.1 Å². The maximum Gasteiger partial charge on any atom is 0.336 e. The van der Waals surface area contributed by atoms with Crippen molar-refractivity contribution in [3.63, 3.8) is 0 Å². The van der Waals surface area contributed by atoms with E-state index in [0.717, 1.165) is 0 Å². The molecule has 0 spiro atoms. The van der Waals surface area contributed by atoms with Crippen molar-refractivity contribution in [3.05, 3.63) is 46.3 Å². The van der Waals surface area contributed by atoms with Crippen LogP contribution in [-0.2, 0) is 23.9 Å². The van der Waals surface area contributed by atoms with Gasteiger partial charge in [0, 0.05) is 22.9 Å². The number of esters is 2. The molecule has 1 aromatic rings. The molecule has 2 N–H and O–H groups in total. The summed E-state index contributed by atoms with van der Waals surface area (Å²) < 4.78 is 15.9. The van der Waals surface area contributed by atoms with Gasteiger partial charge in [0.05, 0.1) is 25.9 Å². The first-order valence-corrected chi connectivity index (χ1v) is 11.2. The largest absolute Gasteiger partial charge is 0.504 e. The minimum absolute atomic E-state index is 0.0458. The van der Waals surface area contributed by atoms with Gasteiger partial charge >= 0.3 is 11.9 Å². The molecule has 3 rings (SSSR count). The fraction of sp³-hybridized carbons (Fsp3) is 0.480. The summed E-state index contributed by atoms with van der Waals surface area (Å²) in [6.45, 7) is 7.86. The van der Waals surface area contributed by atoms with Crippen molar-refractivity contribution in [2.75, 3.05) is 20.3 Å². The summed E-state index contributed by atoms with van der Waals surface area (Å²) >= 11 is 0. The average Bonchev–Trinajstić information content (AvgIpc) is 2.78. The number of hydrogen-bond acceptors (Lipinski definition) is 8. The molecule has 8 heteroatoms. The molecule has 0 unspecified atom stereocenters. The third-order valence-electron chi connectivity index (χ3n) is 6.02. The van der Waals surface area contributed by atoms with Gasteiger partial charge in [0.1, 0.15) is 5.92 Å². The number of nitrogens with one attached hydrogen (secondary N) is 1. The summed E-state index contributed by atoms with van der Waals surface area (Å²) in [4.78, 5) is 39.3. The van der Waals surface area contributed by atoms with Crippen molar-refractivity contribution in [3.8, 4) is 11.5 Å². The molecule has 0 fully saturated rings. The molecule has 1 aliphatic heterocycles. The van der Waals surface area contributed by atoms with E-state index in [1.54, 1.807) is 26.0 Å². The molecular formula is C25H31NO7. The highest BCUT2D eigenvalue weighted by atomic mass is 16.5. The first-order valence-electron chi connectivity index (χ1n) is 11.2. The molecule has 178 valence electrons. The Kier molecular flexibility index (Phi) is 7.46. The lowest BCUT2D eigenvalue weighted by molar-refractivity contribution is -0.151. The zero-order valence-electron chi connectivity index (χ0n) is 19.7. The lowest BCUT2D eigenvalue weighted by atomic mass is 9.69. The summed E-state index contributed by atoms with van der Waals surface area (Å²) in [7, 11) is 1.26. The minimum Gasteiger partial charge on any atom is -0.504 e. The number of hydrogen-bond donors (Lipinski definition) is 2. The number of phenolic OH excluding ortho intramolecular Hbond substituents is 1. The van der Waals surface area contributed by atoms with Gasteiger partial charge < -0.3 is 24.6 Å². The third kappa shape index (κ3) is 4.60. The lowest BCUT2D eigenvalue weighted by Crippen LogP contribution is -2.43. The Morgan fingerprint density at radius 3 is 2.61 bits per heavy atom. The molecule has 0 aromatic heterocycles. The van der Waals surface area contributed by atoms with Gasteiger partial charge in [-0.1, -0.05) is 19.9 Å². The van der Waals surface area contributed by atoms with Crippen LogP contribution in [0.5, 0.6) is 11.5 Å². The Balaban J connectivity index is 2.19. The topological polar surface area (TPSA) is 111 Å². The molecule has 0 bridgehead atoms. The number of ether oxygens (including phenoxy) is 3. The van der Waals surface area contributed by atoms with Gasteiger partial charge in [0.25, 0.3) is 0 Å². The van der Waals surface area contributed by atoms with E-state index >= 15 is 0 Å². The molecule has 1 aromatic carbocycles. The molecule has 0 saturated carbocycles. The summed E-state index contributed by atoms with van der Waals surface area (Å²) in [5, 5.41) is 13.4. The normalized spacial score (nSPS) is 22.5. The number of carbonyl (C=O) groups is 3. The summed E-state index contributed by atoms with van der Waals surface area (Å²) in [5.74, 6) is -3.33. The van der Waals surface area contributed by atoms with E-state index in [1.165, 1.54) is 13.2 Å². The molecule has 1 heterocycles. The monoisotopic (exact) mass is 457 g/mol. The number of allylic oxidation sites excluding steroid dienone is 3. The predicted molar refractivity (Wildman–Crippen MR) is 120 cm³/mol. The van der Waals surface area contributed by atoms with Crippen molar-refractivity contribution in [1.29, 1.82) is 0 Å². The van der Waals surface area contributed by atoms with E-state index in [-0.39, 0.29) is 29.8 Å². The number of aromatic hydroxyl groups is 1. The second-order valence-corrected chi connectivity index (χ2v) is 8.33. The van der Waals surface area contributed by atoms with Gasteiger partial charge in [0.2, 0.25) is 0 Å². The van der Waals surface area contributed by atoms with Crippen molar-refractivity contribution in [2.45, 2.75) is 46.5 Å². The number of benzene rings is 1. The first kappa shape index (κ1) is 24.4. The zero-order chi connectivity index (χ0) is 24.3. The Morgan fingerprint density at radius 2 is 1.97 bits per heavy atom. The maximum absolute atomic E-state index is 13.7. The summed E-state index contributed by atoms with van der Waals surface area (Å²) in [5.41, 5.74) is 2.47. The van der Waals surface area contributed by atoms with E-state index in [0.29, 0.717) is 47.6 Å². The van der Waals surface area contributed by atoms with Gasteiger partial charge in [-0.25, -0.2) is 4.79 Å². The van der Waals surface area contributed by atoms with Gasteiger partial charge in [0.15, 0.2) is 17.3 Å². The summed E-state index contributed by atoms with van der Waals surface area (Å²) in [6.07, 6.45) is 1.10. The Morgan fingerprint density at radius 1 is 1.24 bits per heavy atom. The number of phenols is 1. The summed E-state index contributed by atoms with van der Waals surface area (Å²) in [6, 6.07) is 4.75. The highest BCUT2D eigenvalue weighted by molar-refractivity contribution is 6.12. The van der Waals surface area contributed by atoms with Crippen LogP contribution in [0.4, 0.5) is 0 Å². The van der Waals surface area contributed by atoms with Crippen LogP contribution in [0.1, 0.15) is 52.0 Å². The quantitative estimate of drug-likeness (QED) is 0.474. The average molecular weight is 458 g/mol. The van der Waals surface area contributed by atoms with Crippen LogP contribution in [0, 0.1) is 11.8 Å². The standard InChI is InChI=1S/C25H31NO7/c1-6-10-33-25(30)20-14(4)26-16-11-13(3)19(24(29)31-5)23(28)22(16)21(20)15-8-9-17(27)18(12-15)32-7-2/h8-9,12-13,19,21,26-27H,6-7,10-11H2,1-5H3/t13-,19-,21+/m0/s1. The lowest BCUT2D eigenvalue weighted by Gasteiger charge is -2.38. The number of rotatable bonds is 7. The molecule has 0 radical (unpaired) electrons. The van der Waals surface area contributed by atoms with E-state index in [4.69, 9.17) is 14.2 Å². The molecule has 0 amide bonds. The van der Waals surface area contributed by atoms with E-state index in [2.05, 4.69) is 5.32 Å². The van der Waals surface area contributed by atoms with Crippen LogP contribution in [0.2, 0.25) is 0 Å². The van der Waals surface area contributed by atoms with Crippen molar-refractivity contribution < 1.29 is 33.7 Å². The van der Waals surface area contributed by atoms with Crippen LogP contribution in [0.3, 0.4) is 0 Å². The molecule has 2 aliphatic rings. The Hall–Kier alpha value is -3.29. The molecule has 1 aliphatic carbocycles. The SMILES string of the molecule is CCCOC(=O)C1=C(C)NC2=C(C(=O)[C@@H](C(=O)OC)[C@@H](C)C2)[C@@H]1c1ccc(O)c(OCC)c1. The number of dihydropyridines is 1. The fourth-order valence-electron chi connectivity index (χ4n) is 4.54. The number of methoxy groups -OCH3 is 1. The van der Waals surface area contributed by atoms with Gasteiger partial charge in [-0.15, -0.1) is 0 Å². The smallest absolute Gasteiger partial charge is 0.336 e. The van der Waals surface area contributed by atoms with E-state index < -0.39 is 23.8 Å². The predicted octanol–water partition coefficient (Wildman–Crippen LogP) is 3.36. The number of ketones is 1. The van der Waals surface area contributed by atoms with Crippen LogP contribution in [0.15, 0.2) is 40.7 Å². The van der Waals surface area contributed by atoms with Gasteiger partial charge in [-0.2, -0.15) is 0 Å². The second-order valence-electron chi connectivity index (χ2n) is 8.33. The van der Waals surface area contributed by atoms with Crippen molar-refractivity contribution >= 4 is 17.7 Å². The van der Waals surface area contributed by atoms with E-state index in [1.807, 2.05) is 13.8 Å². The molecular weight excluding hydrogens is 426 g/mol. The van der Waals surface area contributed by atoms with Gasteiger partial charge in [-0.3, -0.25) is 9.59 Å². The Labute approximate surface area is 193 Å². The molecule has 3 atom stereocenters. The van der Waals surface area contributed by atoms with Gasteiger partial charge in [-0.05, 0) is 50.3 Å². The highest BCUT2D eigenvalue weighted by Crippen LogP contribution is 2.46. The number of Topliss-reactive ketones (excluding diaryl/α,β-unsaturated/α-hetero) is 1. The molecule has 8 nitrogen and oxygen atoms in total. The third-order valence-corrected chi connectivity index (χ3v) is 6.02. The van der Waals surface area contributed by atoms with Crippen LogP contribution >= 0.6 is 0 Å². The number of carbonyl (C=O) groups excluding carboxylic acids is 3. The highest BCUT2D eigenvalue weighted by Gasteiger charge is 2.47. The van der Waals surface area contributed by atoms with Crippen molar-refractivity contribution in [2.24, 2.45) is 11.8 Å². The minimum atomic E-state index is -0.965. The molecule has 33 heavy (non-hydrogen) atoms. The van der Waals surface area contributed by atoms with Crippen LogP contribution in [-0.4, -0.2) is 43.2 Å². The van der Waals surface area contributed by atoms with Crippen molar-refractivity contribution in [1.82, 2.24) is 5.32 Å². The zero-order valence-corrected chi connectivity index (χ0v) is 19.7. The molecule has 0 saturated heterocycles. The van der Waals surface area contributed by atoms with E-state index in [9.17, 15) is 19.5 Å². The fourth-order valence-corrected chi connectivity index (χ4v) is 4.54. The Bertz CT molecular complexity index is 1020. The maximum atomic E-state index is 13.7.